The molecule has 1 aromatic rings. The first-order valence-corrected chi connectivity index (χ1v) is 6.74. The predicted molar refractivity (Wildman–Crippen MR) is 64.6 cm³/mol. The Bertz CT molecular complexity index is 424. The fourth-order valence-corrected chi connectivity index (χ4v) is 4.87. The zero-order valence-electron chi connectivity index (χ0n) is 10.2. The van der Waals surface area contributed by atoms with Crippen molar-refractivity contribution in [2.45, 2.75) is 25.3 Å². The van der Waals surface area contributed by atoms with Crippen molar-refractivity contribution in [3.8, 4) is 0 Å². The number of rotatable bonds is 3. The molecule has 0 amide bonds. The van der Waals surface area contributed by atoms with E-state index in [1.54, 1.807) is 0 Å². The second-order valence-electron chi connectivity index (χ2n) is 6.16. The average molecular weight is 232 g/mol. The fourth-order valence-electron chi connectivity index (χ4n) is 4.87. The van der Waals surface area contributed by atoms with Gasteiger partial charge in [-0.15, -0.1) is 0 Å². The van der Waals surface area contributed by atoms with Crippen molar-refractivity contribution in [1.82, 2.24) is 15.2 Å². The third kappa shape index (κ3) is 1.28. The molecule has 0 aliphatic heterocycles. The van der Waals surface area contributed by atoms with Gasteiger partial charge in [-0.2, -0.15) is 5.10 Å². The first-order valence-electron chi connectivity index (χ1n) is 6.74. The highest BCUT2D eigenvalue weighted by Gasteiger charge is 2.66. The van der Waals surface area contributed by atoms with E-state index in [9.17, 15) is 0 Å². The van der Waals surface area contributed by atoms with Crippen LogP contribution in [0, 0.1) is 29.6 Å². The van der Waals surface area contributed by atoms with Crippen LogP contribution in [0.1, 0.15) is 30.9 Å². The topological polar surface area (TPSA) is 55.9 Å². The van der Waals surface area contributed by atoms with Crippen molar-refractivity contribution in [2.24, 2.45) is 42.5 Å². The molecule has 5 atom stereocenters. The van der Waals surface area contributed by atoms with E-state index >= 15 is 0 Å². The van der Waals surface area contributed by atoms with Crippen molar-refractivity contribution in [1.29, 1.82) is 0 Å². The van der Waals surface area contributed by atoms with Gasteiger partial charge in [-0.05, 0) is 48.9 Å². The van der Waals surface area contributed by atoms with Gasteiger partial charge in [-0.3, -0.25) is 16.0 Å². The molecule has 0 spiro atoms. The van der Waals surface area contributed by atoms with Gasteiger partial charge in [0.05, 0.1) is 12.2 Å². The highest BCUT2D eigenvalue weighted by molar-refractivity contribution is 5.22. The molecule has 3 fully saturated rings. The lowest BCUT2D eigenvalue weighted by atomic mass is 9.95. The SMILES string of the molecule is Cn1cc(C(NN)C2C3C4CCC(C4)C32)cn1. The number of hydrogen-bond donors (Lipinski definition) is 2. The van der Waals surface area contributed by atoms with Gasteiger partial charge in [-0.25, -0.2) is 0 Å². The van der Waals surface area contributed by atoms with Crippen molar-refractivity contribution in [2.75, 3.05) is 0 Å². The summed E-state index contributed by atoms with van der Waals surface area (Å²) >= 11 is 0. The van der Waals surface area contributed by atoms with Crippen LogP contribution in [-0.4, -0.2) is 9.78 Å². The molecule has 3 aliphatic carbocycles. The summed E-state index contributed by atoms with van der Waals surface area (Å²) in [5, 5.41) is 4.26. The van der Waals surface area contributed by atoms with E-state index in [0.717, 1.165) is 29.6 Å². The minimum Gasteiger partial charge on any atom is -0.275 e. The molecule has 92 valence electrons. The van der Waals surface area contributed by atoms with Crippen LogP contribution in [0.3, 0.4) is 0 Å². The summed E-state index contributed by atoms with van der Waals surface area (Å²) in [6, 6.07) is 0.321. The summed E-state index contributed by atoms with van der Waals surface area (Å²) in [6.07, 6.45) is 8.48. The van der Waals surface area contributed by atoms with Gasteiger partial charge in [0.2, 0.25) is 0 Å². The van der Waals surface area contributed by atoms with Crippen LogP contribution in [-0.2, 0) is 7.05 Å². The van der Waals surface area contributed by atoms with Crippen molar-refractivity contribution < 1.29 is 0 Å². The molecule has 0 aromatic carbocycles. The lowest BCUT2D eigenvalue weighted by Gasteiger charge is -2.18. The number of aryl methyl sites for hydroxylation is 1. The molecule has 17 heavy (non-hydrogen) atoms. The molecule has 5 unspecified atom stereocenters. The summed E-state index contributed by atoms with van der Waals surface area (Å²) in [4.78, 5) is 0. The lowest BCUT2D eigenvalue weighted by molar-refractivity contribution is 0.374. The third-order valence-electron chi connectivity index (χ3n) is 5.44. The first-order chi connectivity index (χ1) is 8.29. The highest BCUT2D eigenvalue weighted by Crippen LogP contribution is 2.72. The summed E-state index contributed by atoms with van der Waals surface area (Å²) < 4.78 is 1.87. The van der Waals surface area contributed by atoms with E-state index in [2.05, 4.69) is 16.7 Å². The highest BCUT2D eigenvalue weighted by atomic mass is 15.3. The number of fused-ring (bicyclic) bond motifs is 5. The van der Waals surface area contributed by atoms with Crippen LogP contribution in [0.25, 0.3) is 0 Å². The molecule has 2 bridgehead atoms. The Hall–Kier alpha value is -0.870. The average Bonchev–Trinajstić information content (AvgIpc) is 2.73. The summed E-state index contributed by atoms with van der Waals surface area (Å²) in [5.74, 6) is 10.5. The van der Waals surface area contributed by atoms with Crippen LogP contribution in [0.4, 0.5) is 0 Å². The fraction of sp³-hybridized carbons (Fsp3) is 0.769. The first kappa shape index (κ1) is 10.1. The van der Waals surface area contributed by atoms with E-state index in [0.29, 0.717) is 6.04 Å². The molecule has 3 saturated carbocycles. The Balaban J connectivity index is 1.59. The molecule has 3 N–H and O–H groups in total. The van der Waals surface area contributed by atoms with E-state index in [-0.39, 0.29) is 0 Å². The molecular weight excluding hydrogens is 212 g/mol. The van der Waals surface area contributed by atoms with Crippen molar-refractivity contribution in [3.05, 3.63) is 18.0 Å². The summed E-state index contributed by atoms with van der Waals surface area (Å²) in [6.45, 7) is 0. The Morgan fingerprint density at radius 3 is 2.65 bits per heavy atom. The van der Waals surface area contributed by atoms with Gasteiger partial charge in [0.1, 0.15) is 0 Å². The van der Waals surface area contributed by atoms with E-state index < -0.39 is 0 Å². The van der Waals surface area contributed by atoms with E-state index in [1.807, 2.05) is 17.9 Å². The minimum absolute atomic E-state index is 0.321. The Labute approximate surface area is 102 Å². The number of hydrogen-bond acceptors (Lipinski definition) is 3. The molecular formula is C13H20N4. The zero-order chi connectivity index (χ0) is 11.6. The second-order valence-corrected chi connectivity index (χ2v) is 6.16. The van der Waals surface area contributed by atoms with Crippen LogP contribution >= 0.6 is 0 Å². The Morgan fingerprint density at radius 2 is 2.12 bits per heavy atom. The summed E-state index contributed by atoms with van der Waals surface area (Å²) in [5.41, 5.74) is 4.30. The number of nitrogens with zero attached hydrogens (tertiary/aromatic N) is 2. The van der Waals surface area contributed by atoms with Crippen LogP contribution in [0.2, 0.25) is 0 Å². The maximum atomic E-state index is 5.78. The molecule has 1 heterocycles. The second kappa shape index (κ2) is 3.33. The monoisotopic (exact) mass is 232 g/mol. The summed E-state index contributed by atoms with van der Waals surface area (Å²) in [7, 11) is 1.97. The Morgan fingerprint density at radius 1 is 1.41 bits per heavy atom. The molecule has 0 saturated heterocycles. The smallest absolute Gasteiger partial charge is 0.0538 e. The van der Waals surface area contributed by atoms with Gasteiger partial charge in [0, 0.05) is 18.8 Å². The number of hydrazine groups is 1. The maximum absolute atomic E-state index is 5.78. The van der Waals surface area contributed by atoms with Crippen LogP contribution in [0.5, 0.6) is 0 Å². The van der Waals surface area contributed by atoms with Gasteiger partial charge >= 0.3 is 0 Å². The number of aromatic nitrogens is 2. The molecule has 4 heteroatoms. The molecule has 4 nitrogen and oxygen atoms in total. The molecule has 4 rings (SSSR count). The van der Waals surface area contributed by atoms with Crippen LogP contribution in [0.15, 0.2) is 12.4 Å². The van der Waals surface area contributed by atoms with Crippen LogP contribution < -0.4 is 11.3 Å². The normalized spacial score (nSPS) is 43.8. The van der Waals surface area contributed by atoms with Gasteiger partial charge in [0.15, 0.2) is 0 Å². The van der Waals surface area contributed by atoms with Gasteiger partial charge in [0.25, 0.3) is 0 Å². The minimum atomic E-state index is 0.321. The van der Waals surface area contributed by atoms with Gasteiger partial charge in [-0.1, -0.05) is 0 Å². The Kier molecular flexibility index (Phi) is 1.97. The van der Waals surface area contributed by atoms with Crippen molar-refractivity contribution >= 4 is 0 Å². The van der Waals surface area contributed by atoms with E-state index in [1.165, 1.54) is 24.8 Å². The zero-order valence-corrected chi connectivity index (χ0v) is 10.2. The molecule has 3 aliphatic rings. The van der Waals surface area contributed by atoms with E-state index in [4.69, 9.17) is 5.84 Å². The van der Waals surface area contributed by atoms with Crippen molar-refractivity contribution in [3.63, 3.8) is 0 Å². The lowest BCUT2D eigenvalue weighted by Crippen LogP contribution is -2.31. The quantitative estimate of drug-likeness (QED) is 0.608. The van der Waals surface area contributed by atoms with Gasteiger partial charge < -0.3 is 0 Å². The predicted octanol–water partition coefficient (Wildman–Crippen LogP) is 1.22. The molecule has 1 aromatic heterocycles. The largest absolute Gasteiger partial charge is 0.275 e. The maximum Gasteiger partial charge on any atom is 0.0538 e. The number of nitrogens with two attached hydrogens (primary N) is 1. The third-order valence-corrected chi connectivity index (χ3v) is 5.44. The molecule has 0 radical (unpaired) electrons. The number of nitrogens with one attached hydrogen (secondary N) is 1. The standard InChI is InChI=1S/C13H20N4/c1-17-6-9(5-15-17)13(16-14)12-10-7-2-3-8(4-7)11(10)12/h5-8,10-13,16H,2-4,14H2,1H3.